The van der Waals surface area contributed by atoms with Gasteiger partial charge in [-0.15, -0.1) is 0 Å². The van der Waals surface area contributed by atoms with Crippen LogP contribution < -0.4 is 13.7 Å². The number of hydrogen-bond donors (Lipinski definition) is 0. The third-order valence-corrected chi connectivity index (χ3v) is 5.95. The Morgan fingerprint density at radius 2 is 1.67 bits per heavy atom. The van der Waals surface area contributed by atoms with Gasteiger partial charge in [0.2, 0.25) is 5.78 Å². The fraction of sp³-hybridized carbons (Fsp3) is 0.120. The van der Waals surface area contributed by atoms with Gasteiger partial charge < -0.3 is 13.7 Å². The largest absolute Gasteiger partial charge is 0.497 e. The molecule has 0 fully saturated rings. The predicted octanol–water partition coefficient (Wildman–Crippen LogP) is 4.57. The second-order valence-electron chi connectivity index (χ2n) is 6.99. The lowest BCUT2D eigenvalue weighted by atomic mass is 10.0. The Labute approximate surface area is 192 Å². The summed E-state index contributed by atoms with van der Waals surface area (Å²) < 4.78 is 40.9. The maximum absolute atomic E-state index is 12.8. The van der Waals surface area contributed by atoms with E-state index in [0.29, 0.717) is 16.9 Å². The molecular weight excluding hydrogens is 442 g/mol. The average molecular weight is 464 g/mol. The van der Waals surface area contributed by atoms with E-state index in [0.717, 1.165) is 5.56 Å². The highest BCUT2D eigenvalue weighted by atomic mass is 32.2. The lowest BCUT2D eigenvalue weighted by Gasteiger charge is -2.12. The molecule has 0 saturated carbocycles. The summed E-state index contributed by atoms with van der Waals surface area (Å²) >= 11 is 0. The first-order valence-corrected chi connectivity index (χ1v) is 11.2. The number of nitrogens with zero attached hydrogens (tertiary/aromatic N) is 1. The number of allylic oxidation sites excluding steroid dienone is 1. The third-order valence-electron chi connectivity index (χ3n) is 4.70. The van der Waals surface area contributed by atoms with Crippen LogP contribution in [-0.2, 0) is 10.1 Å². The zero-order valence-corrected chi connectivity index (χ0v) is 19.0. The number of carbonyl (C=O) groups excluding carboxylic acids is 1. The number of aryl methyl sites for hydroxylation is 1. The normalized spacial score (nSPS) is 11.4. The van der Waals surface area contributed by atoms with Crippen molar-refractivity contribution in [3.05, 3.63) is 89.0 Å². The molecule has 3 rings (SSSR count). The zero-order chi connectivity index (χ0) is 24.0. The molecule has 0 spiro atoms. The number of hydrogen-bond acceptors (Lipinski definition) is 7. The topological polar surface area (TPSA) is 103 Å². The first-order chi connectivity index (χ1) is 15.8. The summed E-state index contributed by atoms with van der Waals surface area (Å²) in [6.45, 7) is 1.85. The summed E-state index contributed by atoms with van der Waals surface area (Å²) in [6.07, 6.45) is 1.39. The maximum atomic E-state index is 12.8. The molecule has 33 heavy (non-hydrogen) atoms. The lowest BCUT2D eigenvalue weighted by molar-refractivity contribution is 0.103. The van der Waals surface area contributed by atoms with E-state index in [9.17, 15) is 18.5 Å². The van der Waals surface area contributed by atoms with Crippen molar-refractivity contribution in [2.45, 2.75) is 11.8 Å². The van der Waals surface area contributed by atoms with Crippen molar-refractivity contribution < 1.29 is 26.9 Å². The van der Waals surface area contributed by atoms with E-state index in [1.54, 1.807) is 36.4 Å². The Morgan fingerprint density at radius 3 is 2.30 bits per heavy atom. The molecule has 0 unspecified atom stereocenters. The standard InChI is InChI=1S/C25H21NO6S/c1-17-7-10-22(11-8-17)33(28,29)32-23-12-9-18(14-24(23)31-3)13-20(16-26)25(27)19-5-4-6-21(15-19)30-2/h4-15H,1-3H3/b20-13+. The fourth-order valence-corrected chi connectivity index (χ4v) is 3.89. The fourth-order valence-electron chi connectivity index (χ4n) is 2.95. The third kappa shape index (κ3) is 5.59. The van der Waals surface area contributed by atoms with E-state index >= 15 is 0 Å². The molecule has 0 saturated heterocycles. The van der Waals surface area contributed by atoms with Crippen LogP contribution >= 0.6 is 0 Å². The van der Waals surface area contributed by atoms with Crippen molar-refractivity contribution in [1.82, 2.24) is 0 Å². The molecule has 0 N–H and O–H groups in total. The number of methoxy groups -OCH3 is 2. The van der Waals surface area contributed by atoms with E-state index in [4.69, 9.17) is 13.7 Å². The Hall–Kier alpha value is -4.09. The molecule has 168 valence electrons. The number of Topliss-reactive ketones (excluding diaryl/α,β-unsaturated/α-hetero) is 1. The van der Waals surface area contributed by atoms with Crippen LogP contribution in [0.1, 0.15) is 21.5 Å². The second-order valence-corrected chi connectivity index (χ2v) is 8.54. The van der Waals surface area contributed by atoms with Crippen LogP contribution in [-0.4, -0.2) is 28.4 Å². The van der Waals surface area contributed by atoms with Gasteiger partial charge in [0.25, 0.3) is 0 Å². The van der Waals surface area contributed by atoms with Gasteiger partial charge in [-0.05, 0) is 55.0 Å². The molecule has 0 atom stereocenters. The number of carbonyl (C=O) groups is 1. The van der Waals surface area contributed by atoms with E-state index in [1.165, 1.54) is 50.6 Å². The Bertz CT molecular complexity index is 1350. The zero-order valence-electron chi connectivity index (χ0n) is 18.2. The second kappa shape index (κ2) is 10.0. The minimum Gasteiger partial charge on any atom is -0.497 e. The Kier molecular flexibility index (Phi) is 7.16. The van der Waals surface area contributed by atoms with E-state index in [2.05, 4.69) is 0 Å². The van der Waals surface area contributed by atoms with Crippen molar-refractivity contribution in [2.75, 3.05) is 14.2 Å². The van der Waals surface area contributed by atoms with Crippen LogP contribution in [0.15, 0.2) is 77.2 Å². The molecule has 0 aliphatic carbocycles. The van der Waals surface area contributed by atoms with Crippen molar-refractivity contribution in [1.29, 1.82) is 5.26 Å². The van der Waals surface area contributed by atoms with Gasteiger partial charge in [-0.1, -0.05) is 35.9 Å². The van der Waals surface area contributed by atoms with Crippen molar-refractivity contribution in [3.8, 4) is 23.3 Å². The summed E-state index contributed by atoms with van der Waals surface area (Å²) in [6, 6.07) is 19.1. The molecular formula is C25H21NO6S. The maximum Gasteiger partial charge on any atom is 0.339 e. The number of rotatable bonds is 8. The first kappa shape index (κ1) is 23.6. The molecule has 3 aromatic rings. The van der Waals surface area contributed by atoms with Crippen LogP contribution in [0.25, 0.3) is 6.08 Å². The number of ether oxygens (including phenoxy) is 2. The Morgan fingerprint density at radius 1 is 0.939 bits per heavy atom. The first-order valence-electron chi connectivity index (χ1n) is 9.77. The van der Waals surface area contributed by atoms with Gasteiger partial charge in [0.15, 0.2) is 11.5 Å². The summed E-state index contributed by atoms with van der Waals surface area (Å²) in [7, 11) is -1.23. The summed E-state index contributed by atoms with van der Waals surface area (Å²) in [4.78, 5) is 12.8. The average Bonchev–Trinajstić information content (AvgIpc) is 2.83. The van der Waals surface area contributed by atoms with Crippen LogP contribution in [0.2, 0.25) is 0 Å². The van der Waals surface area contributed by atoms with Crippen LogP contribution in [0, 0.1) is 18.3 Å². The number of benzene rings is 3. The van der Waals surface area contributed by atoms with Gasteiger partial charge in [-0.3, -0.25) is 4.79 Å². The quantitative estimate of drug-likeness (QED) is 0.209. The highest BCUT2D eigenvalue weighted by Gasteiger charge is 2.20. The molecule has 0 amide bonds. The van der Waals surface area contributed by atoms with E-state index in [-0.39, 0.29) is 22.0 Å². The minimum atomic E-state index is -4.07. The Balaban J connectivity index is 1.90. The molecule has 0 heterocycles. The molecule has 7 nitrogen and oxygen atoms in total. The summed E-state index contributed by atoms with van der Waals surface area (Å²) in [5.41, 5.74) is 1.57. The minimum absolute atomic E-state index is 0.00905. The molecule has 0 aromatic heterocycles. The van der Waals surface area contributed by atoms with Gasteiger partial charge in [-0.25, -0.2) is 0 Å². The molecule has 0 radical (unpaired) electrons. The number of ketones is 1. The van der Waals surface area contributed by atoms with E-state index in [1.807, 2.05) is 13.0 Å². The predicted molar refractivity (Wildman–Crippen MR) is 123 cm³/mol. The summed E-state index contributed by atoms with van der Waals surface area (Å²) in [5, 5.41) is 9.52. The van der Waals surface area contributed by atoms with Crippen molar-refractivity contribution in [3.63, 3.8) is 0 Å². The van der Waals surface area contributed by atoms with Crippen LogP contribution in [0.5, 0.6) is 17.2 Å². The molecule has 0 bridgehead atoms. The van der Waals surface area contributed by atoms with Gasteiger partial charge in [0.05, 0.1) is 14.2 Å². The van der Waals surface area contributed by atoms with Crippen molar-refractivity contribution >= 4 is 22.0 Å². The van der Waals surface area contributed by atoms with E-state index < -0.39 is 15.9 Å². The molecule has 8 heteroatoms. The highest BCUT2D eigenvalue weighted by Crippen LogP contribution is 2.32. The van der Waals surface area contributed by atoms with Gasteiger partial charge in [0.1, 0.15) is 22.3 Å². The number of nitriles is 1. The SMILES string of the molecule is COc1cccc(C(=O)/C(C#N)=C/c2ccc(OS(=O)(=O)c3ccc(C)cc3)c(OC)c2)c1. The monoisotopic (exact) mass is 463 g/mol. The van der Waals surface area contributed by atoms with Crippen LogP contribution in [0.3, 0.4) is 0 Å². The van der Waals surface area contributed by atoms with Gasteiger partial charge >= 0.3 is 10.1 Å². The van der Waals surface area contributed by atoms with Gasteiger partial charge in [0, 0.05) is 5.56 Å². The van der Waals surface area contributed by atoms with Gasteiger partial charge in [-0.2, -0.15) is 13.7 Å². The van der Waals surface area contributed by atoms with Crippen LogP contribution in [0.4, 0.5) is 0 Å². The smallest absolute Gasteiger partial charge is 0.339 e. The highest BCUT2D eigenvalue weighted by molar-refractivity contribution is 7.87. The molecule has 0 aliphatic heterocycles. The molecule has 0 aliphatic rings. The lowest BCUT2D eigenvalue weighted by Crippen LogP contribution is -2.10. The van der Waals surface area contributed by atoms with Crippen molar-refractivity contribution in [2.24, 2.45) is 0 Å². The molecule has 3 aromatic carbocycles. The summed E-state index contributed by atoms with van der Waals surface area (Å²) in [5.74, 6) is 0.132.